The molecule has 10 heteroatoms. The number of piperazine rings is 1. The van der Waals surface area contributed by atoms with Gasteiger partial charge in [0.25, 0.3) is 5.91 Å². The number of methoxy groups -OCH3 is 2. The molecule has 4 aromatic rings. The highest BCUT2D eigenvalue weighted by Crippen LogP contribution is 2.28. The average Bonchev–Trinajstić information content (AvgIpc) is 3.06. The summed E-state index contributed by atoms with van der Waals surface area (Å²) in [5.74, 6) is 2.83. The van der Waals surface area contributed by atoms with Crippen LogP contribution in [0.5, 0.6) is 11.5 Å². The largest absolute Gasteiger partial charge is 0.493 e. The Kier molecular flexibility index (Phi) is 11.0. The molecule has 8 nitrogen and oxygen atoms in total. The van der Waals surface area contributed by atoms with Gasteiger partial charge in [-0.05, 0) is 47.4 Å². The van der Waals surface area contributed by atoms with Gasteiger partial charge in [0.1, 0.15) is 11.0 Å². The van der Waals surface area contributed by atoms with Crippen LogP contribution in [-0.2, 0) is 18.7 Å². The zero-order valence-corrected chi connectivity index (χ0v) is 27.0. The van der Waals surface area contributed by atoms with E-state index in [1.807, 2.05) is 55.6 Å². The molecule has 0 N–H and O–H groups in total. The summed E-state index contributed by atoms with van der Waals surface area (Å²) in [5, 5.41) is 1.06. The first-order valence-electron chi connectivity index (χ1n) is 14.7. The number of thioether (sulfide) groups is 1. The molecule has 0 spiro atoms. The van der Waals surface area contributed by atoms with Crippen LogP contribution in [0.25, 0.3) is 0 Å². The molecule has 1 saturated heterocycles. The van der Waals surface area contributed by atoms with Gasteiger partial charge >= 0.3 is 0 Å². The van der Waals surface area contributed by atoms with Crippen LogP contribution in [0.2, 0.25) is 5.15 Å². The first-order valence-corrected chi connectivity index (χ1v) is 16.0. The number of aromatic nitrogens is 2. The molecule has 0 radical (unpaired) electrons. The monoisotopic (exact) mass is 631 g/mol. The summed E-state index contributed by atoms with van der Waals surface area (Å²) in [7, 11) is 5.06. The molecule has 2 heterocycles. The van der Waals surface area contributed by atoms with Crippen LogP contribution >= 0.6 is 23.4 Å². The quantitative estimate of drug-likeness (QED) is 0.106. The van der Waals surface area contributed by atoms with Gasteiger partial charge in [-0.1, -0.05) is 71.9 Å². The number of carbonyl (C=O) groups excluding carboxylic acids is 1. The fraction of sp³-hybridized carbons (Fsp3) is 0.324. The van der Waals surface area contributed by atoms with Crippen LogP contribution < -0.4 is 14.4 Å². The smallest absolute Gasteiger partial charge is 0.253 e. The highest BCUT2D eigenvalue weighted by atomic mass is 35.5. The molecule has 3 aromatic carbocycles. The number of hydrogen-bond acceptors (Lipinski definition) is 8. The van der Waals surface area contributed by atoms with Gasteiger partial charge in [-0.2, -0.15) is 0 Å². The van der Waals surface area contributed by atoms with Crippen molar-refractivity contribution in [2.75, 3.05) is 58.9 Å². The lowest BCUT2D eigenvalue weighted by Crippen LogP contribution is -2.46. The van der Waals surface area contributed by atoms with Gasteiger partial charge in [-0.25, -0.2) is 9.97 Å². The van der Waals surface area contributed by atoms with Gasteiger partial charge in [0.05, 0.1) is 14.2 Å². The standard InChI is InChI=1S/C34H38ClN5O3S/c1-38(15-14-25-12-13-29(42-2)30(21-25)43-3)33(41)28-11-7-10-27(20-28)24-44-34-36-31(35)22-32(37-34)40-18-16-39(17-19-40)23-26-8-5-4-6-9-26/h4-13,20-22H,14-19,23-24H2,1-3H3. The zero-order chi connectivity index (χ0) is 30.9. The van der Waals surface area contributed by atoms with Crippen LogP contribution in [0.15, 0.2) is 84.0 Å². The second kappa shape index (κ2) is 15.3. The molecule has 1 fully saturated rings. The topological polar surface area (TPSA) is 71.0 Å². The van der Waals surface area contributed by atoms with Crippen LogP contribution in [0.4, 0.5) is 5.82 Å². The maximum Gasteiger partial charge on any atom is 0.253 e. The predicted octanol–water partition coefficient (Wildman–Crippen LogP) is 6.08. The lowest BCUT2D eigenvalue weighted by Gasteiger charge is -2.35. The van der Waals surface area contributed by atoms with E-state index in [1.54, 1.807) is 19.1 Å². The Morgan fingerprint density at radius 2 is 1.61 bits per heavy atom. The van der Waals surface area contributed by atoms with Crippen molar-refractivity contribution < 1.29 is 14.3 Å². The Hall–Kier alpha value is -3.79. The fourth-order valence-electron chi connectivity index (χ4n) is 5.19. The number of likely N-dealkylation sites (N-methyl/N-ethyl adjacent to an activating group) is 1. The van der Waals surface area contributed by atoms with Gasteiger partial charge in [-0.3, -0.25) is 9.69 Å². The van der Waals surface area contributed by atoms with Crippen LogP contribution in [0.3, 0.4) is 0 Å². The Balaban J connectivity index is 1.15. The van der Waals surface area contributed by atoms with Gasteiger partial charge in [0.15, 0.2) is 16.7 Å². The minimum atomic E-state index is -0.0231. The number of carbonyl (C=O) groups is 1. The molecule has 0 unspecified atom stereocenters. The van der Waals surface area contributed by atoms with E-state index in [4.69, 9.17) is 26.1 Å². The van der Waals surface area contributed by atoms with E-state index < -0.39 is 0 Å². The van der Waals surface area contributed by atoms with Crippen molar-refractivity contribution in [1.29, 1.82) is 0 Å². The number of nitrogens with zero attached hydrogens (tertiary/aromatic N) is 5. The van der Waals surface area contributed by atoms with Gasteiger partial charge < -0.3 is 19.3 Å². The average molecular weight is 632 g/mol. The Morgan fingerprint density at radius 3 is 2.36 bits per heavy atom. The summed E-state index contributed by atoms with van der Waals surface area (Å²) >= 11 is 7.95. The molecule has 230 valence electrons. The molecule has 1 aromatic heterocycles. The highest BCUT2D eigenvalue weighted by Gasteiger charge is 2.20. The molecule has 0 atom stereocenters. The summed E-state index contributed by atoms with van der Waals surface area (Å²) < 4.78 is 10.7. The normalized spacial score (nSPS) is 13.5. The van der Waals surface area contributed by atoms with E-state index in [0.717, 1.165) is 49.7 Å². The van der Waals surface area contributed by atoms with E-state index in [1.165, 1.54) is 17.3 Å². The zero-order valence-electron chi connectivity index (χ0n) is 25.4. The van der Waals surface area contributed by atoms with Crippen LogP contribution in [0.1, 0.15) is 27.0 Å². The number of halogens is 1. The van der Waals surface area contributed by atoms with Gasteiger partial charge in [-0.15, -0.1) is 0 Å². The first kappa shape index (κ1) is 31.6. The fourth-order valence-corrected chi connectivity index (χ4v) is 6.21. The molecular weight excluding hydrogens is 594 g/mol. The van der Waals surface area contributed by atoms with Crippen molar-refractivity contribution in [3.63, 3.8) is 0 Å². The summed E-state index contributed by atoms with van der Waals surface area (Å²) in [4.78, 5) is 29.0. The van der Waals surface area contributed by atoms with Crippen molar-refractivity contribution in [2.45, 2.75) is 23.9 Å². The molecule has 44 heavy (non-hydrogen) atoms. The van der Waals surface area contributed by atoms with E-state index in [-0.39, 0.29) is 5.91 Å². The maximum absolute atomic E-state index is 13.2. The van der Waals surface area contributed by atoms with Crippen molar-refractivity contribution >= 4 is 35.1 Å². The van der Waals surface area contributed by atoms with Crippen molar-refractivity contribution in [2.24, 2.45) is 0 Å². The lowest BCUT2D eigenvalue weighted by molar-refractivity contribution is 0.0796. The molecule has 1 aliphatic rings. The summed E-state index contributed by atoms with van der Waals surface area (Å²) in [6, 6.07) is 26.0. The summed E-state index contributed by atoms with van der Waals surface area (Å²) in [6.45, 7) is 5.22. The second-order valence-electron chi connectivity index (χ2n) is 10.7. The van der Waals surface area contributed by atoms with Gasteiger partial charge in [0.2, 0.25) is 0 Å². The second-order valence-corrected chi connectivity index (χ2v) is 12.1. The van der Waals surface area contributed by atoms with Crippen molar-refractivity contribution in [1.82, 2.24) is 19.8 Å². The van der Waals surface area contributed by atoms with Crippen LogP contribution in [0, 0.1) is 0 Å². The molecule has 5 rings (SSSR count). The molecule has 1 aliphatic heterocycles. The Bertz CT molecular complexity index is 1550. The Labute approximate surface area is 269 Å². The summed E-state index contributed by atoms with van der Waals surface area (Å²) in [5.41, 5.74) is 4.08. The van der Waals surface area contributed by atoms with Crippen molar-refractivity contribution in [3.8, 4) is 11.5 Å². The van der Waals surface area contributed by atoms with E-state index >= 15 is 0 Å². The lowest BCUT2D eigenvalue weighted by atomic mass is 10.1. The number of ether oxygens (including phenoxy) is 2. The number of amides is 1. The van der Waals surface area contributed by atoms with Gasteiger partial charge in [0, 0.05) is 63.7 Å². The minimum absolute atomic E-state index is 0.0231. The molecule has 0 saturated carbocycles. The SMILES string of the molecule is COc1ccc(CCN(C)C(=O)c2cccc(CSc3nc(Cl)cc(N4CCN(Cc5ccccc5)CC4)n3)c2)cc1OC. The number of rotatable bonds is 12. The number of anilines is 1. The first-order chi connectivity index (χ1) is 21.4. The molecule has 1 amide bonds. The Morgan fingerprint density at radius 1 is 0.864 bits per heavy atom. The number of benzene rings is 3. The third-order valence-electron chi connectivity index (χ3n) is 7.68. The predicted molar refractivity (Wildman–Crippen MR) is 177 cm³/mol. The third-order valence-corrected chi connectivity index (χ3v) is 8.79. The maximum atomic E-state index is 13.2. The van der Waals surface area contributed by atoms with Crippen LogP contribution in [-0.4, -0.2) is 79.7 Å². The van der Waals surface area contributed by atoms with E-state index in [9.17, 15) is 4.79 Å². The van der Waals surface area contributed by atoms with E-state index in [2.05, 4.69) is 45.1 Å². The summed E-state index contributed by atoms with van der Waals surface area (Å²) in [6.07, 6.45) is 0.703. The molecule has 0 aliphatic carbocycles. The minimum Gasteiger partial charge on any atom is -0.493 e. The highest BCUT2D eigenvalue weighted by molar-refractivity contribution is 7.98. The third kappa shape index (κ3) is 8.43. The number of hydrogen-bond donors (Lipinski definition) is 0. The molecule has 0 bridgehead atoms. The van der Waals surface area contributed by atoms with Crippen molar-refractivity contribution in [3.05, 3.63) is 106 Å². The molecular formula is C34H38ClN5O3S. The van der Waals surface area contributed by atoms with E-state index in [0.29, 0.717) is 46.1 Å².